The molecule has 0 spiro atoms. The van der Waals surface area contributed by atoms with E-state index >= 15 is 0 Å². The largest absolute Gasteiger partial charge is 0.313 e. The summed E-state index contributed by atoms with van der Waals surface area (Å²) in [4.78, 5) is 1.32. The highest BCUT2D eigenvalue weighted by atomic mass is 32.2. The van der Waals surface area contributed by atoms with Crippen LogP contribution in [0.5, 0.6) is 0 Å². The Morgan fingerprint density at radius 2 is 1.95 bits per heavy atom. The number of nitrogens with one attached hydrogen (secondary N) is 1. The molecule has 110 valence electrons. The summed E-state index contributed by atoms with van der Waals surface area (Å²) in [6.07, 6.45) is 3.23. The van der Waals surface area contributed by atoms with Crippen LogP contribution in [0.15, 0.2) is 29.2 Å². The third-order valence-corrected chi connectivity index (χ3v) is 4.30. The fraction of sp³-hybridized carbons (Fsp3) is 0.588. The summed E-state index contributed by atoms with van der Waals surface area (Å²) >= 11 is 1.88. The maximum atomic E-state index is 8.97. The molecule has 0 radical (unpaired) electrons. The van der Waals surface area contributed by atoms with Crippen molar-refractivity contribution in [3.05, 3.63) is 29.8 Å². The molecular weight excluding hydrogens is 264 g/mol. The fourth-order valence-electron chi connectivity index (χ4n) is 1.87. The fourth-order valence-corrected chi connectivity index (χ4v) is 2.73. The Bertz CT molecular complexity index is 418. The van der Waals surface area contributed by atoms with Crippen molar-refractivity contribution in [1.29, 1.82) is 5.26 Å². The predicted molar refractivity (Wildman–Crippen MR) is 87.8 cm³/mol. The lowest BCUT2D eigenvalue weighted by molar-refractivity contribution is 0.448. The van der Waals surface area contributed by atoms with E-state index in [2.05, 4.69) is 42.6 Å². The smallest absolute Gasteiger partial charge is 0.0683 e. The van der Waals surface area contributed by atoms with E-state index in [9.17, 15) is 0 Å². The zero-order valence-electron chi connectivity index (χ0n) is 12.9. The molecule has 0 aliphatic carbocycles. The van der Waals surface area contributed by atoms with E-state index in [4.69, 9.17) is 5.26 Å². The molecule has 1 N–H and O–H groups in total. The third kappa shape index (κ3) is 6.98. The Morgan fingerprint density at radius 1 is 1.25 bits per heavy atom. The number of hydrogen-bond donors (Lipinski definition) is 1. The number of benzene rings is 1. The summed E-state index contributed by atoms with van der Waals surface area (Å²) in [5, 5.41) is 12.4. The second-order valence-corrected chi connectivity index (χ2v) is 6.94. The zero-order valence-corrected chi connectivity index (χ0v) is 13.7. The van der Waals surface area contributed by atoms with E-state index in [0.717, 1.165) is 31.7 Å². The minimum atomic E-state index is -0.185. The van der Waals surface area contributed by atoms with Crippen molar-refractivity contribution in [3.8, 4) is 6.07 Å². The second-order valence-electron chi connectivity index (χ2n) is 5.77. The molecule has 0 unspecified atom stereocenters. The molecule has 1 rings (SSSR count). The second kappa shape index (κ2) is 9.05. The zero-order chi connectivity index (χ0) is 14.8. The van der Waals surface area contributed by atoms with Crippen LogP contribution in [0.25, 0.3) is 0 Å². The van der Waals surface area contributed by atoms with E-state index < -0.39 is 0 Å². The van der Waals surface area contributed by atoms with Gasteiger partial charge in [-0.1, -0.05) is 19.1 Å². The van der Waals surface area contributed by atoms with Crippen LogP contribution in [-0.4, -0.2) is 12.3 Å². The molecule has 0 heterocycles. The van der Waals surface area contributed by atoms with E-state index in [1.165, 1.54) is 16.9 Å². The molecule has 0 aliphatic rings. The van der Waals surface area contributed by atoms with Gasteiger partial charge in [0.15, 0.2) is 0 Å². The highest BCUT2D eigenvalue weighted by Crippen LogP contribution is 2.25. The highest BCUT2D eigenvalue weighted by Gasteiger charge is 2.15. The van der Waals surface area contributed by atoms with Crippen molar-refractivity contribution in [3.63, 3.8) is 0 Å². The first kappa shape index (κ1) is 17.1. The molecule has 1 aromatic rings. The molecule has 2 nitrogen and oxygen atoms in total. The highest BCUT2D eigenvalue weighted by molar-refractivity contribution is 7.99. The first-order valence-corrected chi connectivity index (χ1v) is 8.39. The van der Waals surface area contributed by atoms with Gasteiger partial charge in [0.2, 0.25) is 0 Å². The monoisotopic (exact) mass is 290 g/mol. The summed E-state index contributed by atoms with van der Waals surface area (Å²) in [5.74, 6) is 1.08. The minimum absolute atomic E-state index is 0.185. The van der Waals surface area contributed by atoms with Gasteiger partial charge in [-0.05, 0) is 63.1 Å². The Kier molecular flexibility index (Phi) is 7.72. The van der Waals surface area contributed by atoms with Gasteiger partial charge in [0.1, 0.15) is 0 Å². The lowest BCUT2D eigenvalue weighted by Crippen LogP contribution is -2.13. The Balaban J connectivity index is 2.26. The van der Waals surface area contributed by atoms with Crippen molar-refractivity contribution >= 4 is 11.8 Å². The average Bonchev–Trinajstić information content (AvgIpc) is 2.45. The van der Waals surface area contributed by atoms with Crippen molar-refractivity contribution in [2.75, 3.05) is 12.3 Å². The van der Waals surface area contributed by atoms with Crippen LogP contribution in [-0.2, 0) is 6.54 Å². The molecule has 1 aromatic carbocycles. The van der Waals surface area contributed by atoms with Crippen LogP contribution in [0, 0.1) is 16.7 Å². The standard InChI is InChI=1S/C17H26N2S/c1-4-11-19-13-15-6-8-16(9-7-15)20-12-5-10-17(2,3)14-18/h6-9,19H,4-5,10-13H2,1-3H3. The molecule has 0 aromatic heterocycles. The van der Waals surface area contributed by atoms with Gasteiger partial charge >= 0.3 is 0 Å². The van der Waals surface area contributed by atoms with E-state index in [-0.39, 0.29) is 5.41 Å². The summed E-state index contributed by atoms with van der Waals surface area (Å²) in [6, 6.07) is 11.1. The van der Waals surface area contributed by atoms with Crippen molar-refractivity contribution in [2.45, 2.75) is 51.5 Å². The summed E-state index contributed by atoms with van der Waals surface area (Å²) < 4.78 is 0. The SMILES string of the molecule is CCCNCc1ccc(SCCCC(C)(C)C#N)cc1. The number of nitriles is 1. The Labute approximate surface area is 128 Å². The van der Waals surface area contributed by atoms with Crippen molar-refractivity contribution in [2.24, 2.45) is 5.41 Å². The molecule has 3 heteroatoms. The van der Waals surface area contributed by atoms with Gasteiger partial charge in [-0.2, -0.15) is 5.26 Å². The number of nitrogens with zero attached hydrogens (tertiary/aromatic N) is 1. The summed E-state index contributed by atoms with van der Waals surface area (Å²) in [5.41, 5.74) is 1.16. The number of hydrogen-bond acceptors (Lipinski definition) is 3. The summed E-state index contributed by atoms with van der Waals surface area (Å²) in [6.45, 7) is 8.23. The summed E-state index contributed by atoms with van der Waals surface area (Å²) in [7, 11) is 0. The predicted octanol–water partition coefficient (Wildman–Crippen LogP) is 4.61. The van der Waals surface area contributed by atoms with E-state index in [0.29, 0.717) is 0 Å². The topological polar surface area (TPSA) is 35.8 Å². The maximum Gasteiger partial charge on any atom is 0.0683 e. The van der Waals surface area contributed by atoms with Crippen LogP contribution in [0.4, 0.5) is 0 Å². The molecular formula is C17H26N2S. The van der Waals surface area contributed by atoms with Gasteiger partial charge in [-0.3, -0.25) is 0 Å². The van der Waals surface area contributed by atoms with Gasteiger partial charge in [0, 0.05) is 11.4 Å². The lowest BCUT2D eigenvalue weighted by Gasteiger charge is -2.14. The molecule has 0 fully saturated rings. The van der Waals surface area contributed by atoms with Crippen LogP contribution >= 0.6 is 11.8 Å². The molecule has 0 atom stereocenters. The Hall–Kier alpha value is -0.980. The molecule has 0 saturated carbocycles. The molecule has 0 saturated heterocycles. The first-order chi connectivity index (χ1) is 9.57. The van der Waals surface area contributed by atoms with Crippen molar-refractivity contribution in [1.82, 2.24) is 5.32 Å². The molecule has 0 aliphatic heterocycles. The average molecular weight is 290 g/mol. The maximum absolute atomic E-state index is 8.97. The lowest BCUT2D eigenvalue weighted by atomic mass is 9.90. The number of rotatable bonds is 9. The van der Waals surface area contributed by atoms with Gasteiger partial charge in [0.25, 0.3) is 0 Å². The van der Waals surface area contributed by atoms with Gasteiger partial charge < -0.3 is 5.32 Å². The quantitative estimate of drug-likeness (QED) is 0.533. The van der Waals surface area contributed by atoms with Gasteiger partial charge in [-0.15, -0.1) is 11.8 Å². The molecule has 0 amide bonds. The Morgan fingerprint density at radius 3 is 2.55 bits per heavy atom. The number of thioether (sulfide) groups is 1. The van der Waals surface area contributed by atoms with E-state index in [1.54, 1.807) is 0 Å². The molecule has 0 bridgehead atoms. The van der Waals surface area contributed by atoms with Gasteiger partial charge in [-0.25, -0.2) is 0 Å². The van der Waals surface area contributed by atoms with E-state index in [1.807, 2.05) is 25.6 Å². The van der Waals surface area contributed by atoms with Crippen LogP contribution < -0.4 is 5.32 Å². The van der Waals surface area contributed by atoms with Crippen LogP contribution in [0.2, 0.25) is 0 Å². The normalized spacial score (nSPS) is 11.3. The third-order valence-electron chi connectivity index (χ3n) is 3.20. The van der Waals surface area contributed by atoms with Crippen LogP contribution in [0.3, 0.4) is 0 Å². The van der Waals surface area contributed by atoms with Crippen molar-refractivity contribution < 1.29 is 0 Å². The van der Waals surface area contributed by atoms with Gasteiger partial charge in [0.05, 0.1) is 11.5 Å². The first-order valence-electron chi connectivity index (χ1n) is 7.41. The molecule has 20 heavy (non-hydrogen) atoms. The van der Waals surface area contributed by atoms with Crippen LogP contribution in [0.1, 0.15) is 45.6 Å². The minimum Gasteiger partial charge on any atom is -0.313 e.